The molecular weight excluding hydrogens is 295 g/mol. The molecule has 2 aliphatic heterocycles. The van der Waals surface area contributed by atoms with E-state index in [9.17, 15) is 0 Å². The molecule has 3 heterocycles. The molecule has 0 aliphatic carbocycles. The first-order valence-electron chi connectivity index (χ1n) is 6.80. The lowest BCUT2D eigenvalue weighted by atomic mass is 9.37. The second kappa shape index (κ2) is 4.39. The summed E-state index contributed by atoms with van der Waals surface area (Å²) in [4.78, 5) is 11.7. The van der Waals surface area contributed by atoms with E-state index in [-0.39, 0.29) is 6.71 Å². The molecule has 0 fully saturated rings. The first kappa shape index (κ1) is 11.9. The molecule has 0 saturated heterocycles. The molecule has 0 saturated carbocycles. The SMILES string of the molecule is c1ccc2c(c1)Sc1ncnc3c1B2c1ccccc1S3. The highest BCUT2D eigenvalue weighted by Gasteiger charge is 2.38. The van der Waals surface area contributed by atoms with E-state index in [1.54, 1.807) is 29.9 Å². The summed E-state index contributed by atoms with van der Waals surface area (Å²) in [5, 5.41) is 2.21. The minimum Gasteiger partial charge on any atom is -0.230 e. The maximum absolute atomic E-state index is 4.52. The van der Waals surface area contributed by atoms with Crippen molar-refractivity contribution in [3.05, 3.63) is 54.9 Å². The predicted octanol–water partition coefficient (Wildman–Crippen LogP) is 1.92. The average Bonchev–Trinajstić information content (AvgIpc) is 2.54. The zero-order valence-corrected chi connectivity index (χ0v) is 12.6. The van der Waals surface area contributed by atoms with Crippen LogP contribution in [0.1, 0.15) is 0 Å². The van der Waals surface area contributed by atoms with Crippen molar-refractivity contribution in [3.8, 4) is 0 Å². The van der Waals surface area contributed by atoms with Gasteiger partial charge in [-0.25, -0.2) is 9.97 Å². The van der Waals surface area contributed by atoms with Crippen LogP contribution in [0, 0.1) is 0 Å². The van der Waals surface area contributed by atoms with Gasteiger partial charge in [0.15, 0.2) is 0 Å². The zero-order chi connectivity index (χ0) is 13.8. The molecule has 21 heavy (non-hydrogen) atoms. The lowest BCUT2D eigenvalue weighted by Gasteiger charge is -2.30. The van der Waals surface area contributed by atoms with E-state index in [4.69, 9.17) is 0 Å². The minimum atomic E-state index is 0.270. The minimum absolute atomic E-state index is 0.270. The van der Waals surface area contributed by atoms with Gasteiger partial charge in [0.2, 0.25) is 0 Å². The zero-order valence-electron chi connectivity index (χ0n) is 11.0. The van der Waals surface area contributed by atoms with Gasteiger partial charge in [0.25, 0.3) is 6.71 Å². The van der Waals surface area contributed by atoms with Crippen LogP contribution < -0.4 is 16.4 Å². The third kappa shape index (κ3) is 1.65. The van der Waals surface area contributed by atoms with Crippen molar-refractivity contribution >= 4 is 46.6 Å². The van der Waals surface area contributed by atoms with Crippen LogP contribution in [0.15, 0.2) is 74.7 Å². The van der Waals surface area contributed by atoms with Crippen molar-refractivity contribution in [2.45, 2.75) is 19.8 Å². The summed E-state index contributed by atoms with van der Waals surface area (Å²) in [5.41, 5.74) is 4.03. The Morgan fingerprint density at radius 3 is 1.81 bits per heavy atom. The number of aromatic nitrogens is 2. The molecule has 0 radical (unpaired) electrons. The van der Waals surface area contributed by atoms with E-state index in [0.29, 0.717) is 0 Å². The van der Waals surface area contributed by atoms with Crippen molar-refractivity contribution in [1.29, 1.82) is 0 Å². The normalized spacial score (nSPS) is 14.2. The first-order valence-corrected chi connectivity index (χ1v) is 8.43. The summed E-state index contributed by atoms with van der Waals surface area (Å²) < 4.78 is 0. The van der Waals surface area contributed by atoms with Crippen molar-refractivity contribution in [3.63, 3.8) is 0 Å². The fraction of sp³-hybridized carbons (Fsp3) is 0. The van der Waals surface area contributed by atoms with Crippen LogP contribution in [0.2, 0.25) is 0 Å². The third-order valence-corrected chi connectivity index (χ3v) is 6.19. The molecular formula is C16H9BN2S2. The third-order valence-electron chi connectivity index (χ3n) is 3.97. The molecule has 5 rings (SSSR count). The smallest absolute Gasteiger partial charge is 0.230 e. The van der Waals surface area contributed by atoms with Gasteiger partial charge in [0.05, 0.1) is 0 Å². The van der Waals surface area contributed by atoms with Crippen LogP contribution in [0.3, 0.4) is 0 Å². The van der Waals surface area contributed by atoms with Crippen molar-refractivity contribution in [2.75, 3.05) is 0 Å². The van der Waals surface area contributed by atoms with Crippen LogP contribution in [-0.4, -0.2) is 16.7 Å². The van der Waals surface area contributed by atoms with Crippen molar-refractivity contribution in [1.82, 2.24) is 9.97 Å². The fourth-order valence-electron chi connectivity index (χ4n) is 3.08. The molecule has 0 atom stereocenters. The Balaban J connectivity index is 1.88. The number of hydrogen-bond acceptors (Lipinski definition) is 4. The molecule has 2 aromatic carbocycles. The Morgan fingerprint density at radius 1 is 0.714 bits per heavy atom. The molecule has 5 heteroatoms. The van der Waals surface area contributed by atoms with Crippen molar-refractivity contribution in [2.24, 2.45) is 0 Å². The quantitative estimate of drug-likeness (QED) is 0.322. The molecule has 98 valence electrons. The van der Waals surface area contributed by atoms with Gasteiger partial charge in [-0.05, 0) is 17.6 Å². The summed E-state index contributed by atoms with van der Waals surface area (Å²) in [7, 11) is 0. The molecule has 0 amide bonds. The van der Waals surface area contributed by atoms with Gasteiger partial charge in [-0.3, -0.25) is 0 Å². The molecule has 2 nitrogen and oxygen atoms in total. The van der Waals surface area contributed by atoms with Crippen LogP contribution >= 0.6 is 23.5 Å². The van der Waals surface area contributed by atoms with E-state index < -0.39 is 0 Å². The van der Waals surface area contributed by atoms with Crippen LogP contribution in [0.25, 0.3) is 0 Å². The lowest BCUT2D eigenvalue weighted by Crippen LogP contribution is -2.58. The number of benzene rings is 2. The Morgan fingerprint density at radius 2 is 1.24 bits per heavy atom. The predicted molar refractivity (Wildman–Crippen MR) is 87.8 cm³/mol. The van der Waals surface area contributed by atoms with Crippen molar-refractivity contribution < 1.29 is 0 Å². The Kier molecular flexibility index (Phi) is 2.48. The number of nitrogens with zero attached hydrogens (tertiary/aromatic N) is 2. The van der Waals surface area contributed by atoms with Gasteiger partial charge in [-0.15, -0.1) is 0 Å². The van der Waals surface area contributed by atoms with Gasteiger partial charge in [-0.1, -0.05) is 70.8 Å². The molecule has 1 aromatic heterocycles. The lowest BCUT2D eigenvalue weighted by molar-refractivity contribution is 0.986. The highest BCUT2D eigenvalue weighted by atomic mass is 32.2. The summed E-state index contributed by atoms with van der Waals surface area (Å²) in [6.45, 7) is 0.270. The largest absolute Gasteiger partial charge is 0.251 e. The number of rotatable bonds is 0. The van der Waals surface area contributed by atoms with E-state index >= 15 is 0 Å². The number of fused-ring (bicyclic) bond motifs is 4. The Labute approximate surface area is 131 Å². The first-order chi connectivity index (χ1) is 10.4. The van der Waals surface area contributed by atoms with Gasteiger partial charge in [-0.2, -0.15) is 0 Å². The molecule has 0 spiro atoms. The van der Waals surface area contributed by atoms with Crippen LogP contribution in [0.4, 0.5) is 0 Å². The fourth-order valence-corrected chi connectivity index (χ4v) is 5.32. The van der Waals surface area contributed by atoms with Gasteiger partial charge in [0.1, 0.15) is 16.4 Å². The Bertz CT molecular complexity index is 814. The maximum Gasteiger partial charge on any atom is 0.251 e. The molecule has 0 bridgehead atoms. The van der Waals surface area contributed by atoms with E-state index in [0.717, 1.165) is 10.1 Å². The van der Waals surface area contributed by atoms with Gasteiger partial charge < -0.3 is 0 Å². The standard InChI is InChI=1S/C16H9BN2S2/c1-3-7-12-10(5-1)17-11-6-2-4-8-13(11)21-16-14(17)15(20-12)18-9-19-16/h1-9H. The van der Waals surface area contributed by atoms with E-state index in [1.807, 2.05) is 0 Å². The second-order valence-electron chi connectivity index (χ2n) is 5.11. The summed E-state index contributed by atoms with van der Waals surface area (Å²) in [6, 6.07) is 17.3. The molecule has 2 aliphatic rings. The Hall–Kier alpha value is -1.72. The second-order valence-corrected chi connectivity index (χ2v) is 7.17. The summed E-state index contributed by atoms with van der Waals surface area (Å²) in [5.74, 6) is 0. The topological polar surface area (TPSA) is 25.8 Å². The van der Waals surface area contributed by atoms with E-state index in [2.05, 4.69) is 58.5 Å². The average molecular weight is 304 g/mol. The highest BCUT2D eigenvalue weighted by molar-refractivity contribution is 8.01. The van der Waals surface area contributed by atoms with Gasteiger partial charge in [0, 0.05) is 9.79 Å². The van der Waals surface area contributed by atoms with Crippen LogP contribution in [-0.2, 0) is 0 Å². The molecule has 0 unspecified atom stereocenters. The highest BCUT2D eigenvalue weighted by Crippen LogP contribution is 2.35. The number of hydrogen-bond donors (Lipinski definition) is 0. The van der Waals surface area contributed by atoms with Gasteiger partial charge >= 0.3 is 0 Å². The maximum atomic E-state index is 4.52. The summed E-state index contributed by atoms with van der Waals surface area (Å²) >= 11 is 3.52. The molecule has 0 N–H and O–H groups in total. The summed E-state index contributed by atoms with van der Waals surface area (Å²) in [6.07, 6.45) is 1.69. The van der Waals surface area contributed by atoms with Crippen LogP contribution in [0.5, 0.6) is 0 Å². The van der Waals surface area contributed by atoms with E-state index in [1.165, 1.54) is 26.2 Å². The molecule has 3 aromatic rings. The monoisotopic (exact) mass is 304 g/mol.